The second-order valence-corrected chi connectivity index (χ2v) is 15.9. The maximum absolute atomic E-state index is 13.8. The van der Waals surface area contributed by atoms with Crippen molar-refractivity contribution in [2.75, 3.05) is 46.1 Å². The lowest BCUT2D eigenvalue weighted by Gasteiger charge is -2.28. The fourth-order valence-corrected chi connectivity index (χ4v) is 7.06. The number of aromatic nitrogens is 2. The zero-order valence-electron chi connectivity index (χ0n) is 29.5. The lowest BCUT2D eigenvalue weighted by atomic mass is 9.73. The van der Waals surface area contributed by atoms with Crippen LogP contribution in [0, 0.1) is 5.92 Å². The lowest BCUT2D eigenvalue weighted by molar-refractivity contribution is -0.122. The molecule has 1 aromatic heterocycles. The van der Waals surface area contributed by atoms with Gasteiger partial charge < -0.3 is 39.8 Å². The molecule has 0 aliphatic carbocycles. The van der Waals surface area contributed by atoms with E-state index in [1.54, 1.807) is 12.2 Å². The molecule has 0 spiro atoms. The van der Waals surface area contributed by atoms with Crippen molar-refractivity contribution in [1.29, 1.82) is 0 Å². The Hall–Kier alpha value is -3.23. The molecule has 1 aromatic carbocycles. The second kappa shape index (κ2) is 23.4. The third-order valence-electron chi connectivity index (χ3n) is 7.83. The van der Waals surface area contributed by atoms with Crippen molar-refractivity contribution >= 4 is 47.3 Å². The van der Waals surface area contributed by atoms with E-state index in [0.29, 0.717) is 26.2 Å². The van der Waals surface area contributed by atoms with Crippen LogP contribution in [0.5, 0.6) is 0 Å². The molecule has 5 atom stereocenters. The smallest absolute Gasteiger partial charge is 0.448 e. The minimum atomic E-state index is -3.15. The molecule has 0 bridgehead atoms. The first kappa shape index (κ1) is 42.2. The highest BCUT2D eigenvalue weighted by Gasteiger charge is 2.34. The van der Waals surface area contributed by atoms with Crippen molar-refractivity contribution in [2.24, 2.45) is 5.92 Å². The van der Waals surface area contributed by atoms with Crippen LogP contribution >= 0.6 is 16.2 Å². The molecule has 1 fully saturated rings. The van der Waals surface area contributed by atoms with Crippen LogP contribution in [0.2, 0.25) is 0 Å². The predicted molar refractivity (Wildman–Crippen MR) is 197 cm³/mol. The van der Waals surface area contributed by atoms with Crippen LogP contribution in [0.1, 0.15) is 62.0 Å². The summed E-state index contributed by atoms with van der Waals surface area (Å²) in [6.07, 6.45) is 10.4. The SMILES string of the molecule is CC(C)C[C@@H](NC(=O)C(/C=C/c1ccccc1)NC(=O)c1cnccn1)B1OCCCCN(CCOC(=O)NC(P(C)O)[PH](=O)O)CCCCO1. The van der Waals surface area contributed by atoms with Crippen LogP contribution in [0.25, 0.3) is 6.08 Å². The third kappa shape index (κ3) is 16.3. The standard InChI is InChI=1S/C33H51BN6O9P2/c1-25(2)23-29(38-30(41)27(14-13-26-11-5-4-6-12-26)37-31(42)28-24-35-15-16-36-28)34-48-20-9-7-17-40(18-8-10-21-49-34)19-22-47-32(43)39-33(50(3)44)51(45)46/h4-6,11-16,24-25,27,29,33,44,51H,7-10,17-23H2,1-3H3,(H,37,42)(H,38,41)(H,39,43)(H,45,46)/b14-13+/t27?,29-,33?,50?/m1/s1. The van der Waals surface area contributed by atoms with Crippen molar-refractivity contribution in [3.63, 3.8) is 0 Å². The molecule has 280 valence electrons. The summed E-state index contributed by atoms with van der Waals surface area (Å²) in [5, 5.41) is 8.15. The summed E-state index contributed by atoms with van der Waals surface area (Å²) in [6.45, 7) is 8.35. The molecule has 2 aromatic rings. The Morgan fingerprint density at radius 2 is 1.75 bits per heavy atom. The van der Waals surface area contributed by atoms with Gasteiger partial charge in [-0.1, -0.05) is 56.3 Å². The highest BCUT2D eigenvalue weighted by atomic mass is 31.2. The van der Waals surface area contributed by atoms with E-state index in [9.17, 15) is 28.7 Å². The molecule has 18 heteroatoms. The Labute approximate surface area is 302 Å². The molecule has 3 amide bonds. The molecule has 0 saturated carbocycles. The molecule has 2 heterocycles. The molecule has 51 heavy (non-hydrogen) atoms. The number of alkyl carbamates (subject to hydrolysis) is 1. The van der Waals surface area contributed by atoms with Gasteiger partial charge in [-0.05, 0) is 63.3 Å². The topological polar surface area (TPSA) is 202 Å². The van der Waals surface area contributed by atoms with Crippen molar-refractivity contribution in [3.05, 3.63) is 66.3 Å². The average molecular weight is 749 g/mol. The summed E-state index contributed by atoms with van der Waals surface area (Å²) in [4.78, 5) is 68.1. The van der Waals surface area contributed by atoms with E-state index < -0.39 is 58.7 Å². The van der Waals surface area contributed by atoms with Gasteiger partial charge in [-0.3, -0.25) is 24.0 Å². The van der Waals surface area contributed by atoms with Gasteiger partial charge in [0.2, 0.25) is 13.9 Å². The van der Waals surface area contributed by atoms with Gasteiger partial charge in [0.15, 0.2) is 0 Å². The Kier molecular flexibility index (Phi) is 19.3. The van der Waals surface area contributed by atoms with E-state index in [1.807, 2.05) is 30.3 Å². The highest BCUT2D eigenvalue weighted by molar-refractivity contribution is 7.64. The minimum absolute atomic E-state index is 0.0877. The van der Waals surface area contributed by atoms with Crippen LogP contribution < -0.4 is 16.0 Å². The van der Waals surface area contributed by atoms with Gasteiger partial charge in [0.1, 0.15) is 23.9 Å². The molecule has 4 unspecified atom stereocenters. The number of nitrogens with zero attached hydrogens (tertiary/aromatic N) is 3. The maximum atomic E-state index is 13.8. The van der Waals surface area contributed by atoms with E-state index >= 15 is 0 Å². The predicted octanol–water partition coefficient (Wildman–Crippen LogP) is 3.25. The highest BCUT2D eigenvalue weighted by Crippen LogP contribution is 2.43. The van der Waals surface area contributed by atoms with Crippen LogP contribution in [-0.2, 0) is 23.4 Å². The summed E-state index contributed by atoms with van der Waals surface area (Å²) < 4.78 is 29.1. The number of ether oxygens (including phenoxy) is 1. The van der Waals surface area contributed by atoms with Crippen molar-refractivity contribution in [1.82, 2.24) is 30.8 Å². The van der Waals surface area contributed by atoms with E-state index in [2.05, 4.69) is 44.7 Å². The van der Waals surface area contributed by atoms with Crippen molar-refractivity contribution in [3.8, 4) is 0 Å². The van der Waals surface area contributed by atoms with E-state index in [1.165, 1.54) is 25.3 Å². The zero-order chi connectivity index (χ0) is 37.0. The summed E-state index contributed by atoms with van der Waals surface area (Å²) >= 11 is 0. The summed E-state index contributed by atoms with van der Waals surface area (Å²) in [5.74, 6) is -1.22. The van der Waals surface area contributed by atoms with Crippen molar-refractivity contribution in [2.45, 2.75) is 63.5 Å². The number of nitrogens with one attached hydrogen (secondary N) is 3. The Morgan fingerprint density at radius 3 is 2.33 bits per heavy atom. The molecular formula is C33H51BN6O9P2. The summed E-state index contributed by atoms with van der Waals surface area (Å²) in [5.41, 5.74) is -0.242. The molecule has 15 nitrogen and oxygen atoms in total. The number of hydrogen-bond acceptors (Lipinski definition) is 11. The quantitative estimate of drug-likeness (QED) is 0.132. The number of carbonyl (C=O) groups is 3. The number of rotatable bonds is 15. The average Bonchev–Trinajstić information content (AvgIpc) is 3.10. The maximum Gasteiger partial charge on any atom is 0.480 e. The fourth-order valence-electron chi connectivity index (χ4n) is 5.25. The summed E-state index contributed by atoms with van der Waals surface area (Å²) in [6, 6.07) is 8.46. The first-order valence-corrected chi connectivity index (χ1v) is 20.4. The van der Waals surface area contributed by atoms with E-state index in [4.69, 9.17) is 14.0 Å². The fraction of sp³-hybridized carbons (Fsp3) is 0.545. The van der Waals surface area contributed by atoms with Gasteiger partial charge in [0.25, 0.3) is 5.91 Å². The molecule has 1 saturated heterocycles. The monoisotopic (exact) mass is 748 g/mol. The van der Waals surface area contributed by atoms with Crippen LogP contribution in [0.3, 0.4) is 0 Å². The van der Waals surface area contributed by atoms with Gasteiger partial charge in [0.05, 0.1) is 20.3 Å². The number of amides is 3. The first-order valence-electron chi connectivity index (χ1n) is 17.2. The van der Waals surface area contributed by atoms with Gasteiger partial charge >= 0.3 is 13.2 Å². The van der Waals surface area contributed by atoms with Gasteiger partial charge in [0, 0.05) is 32.2 Å². The van der Waals surface area contributed by atoms with Crippen LogP contribution in [0.4, 0.5) is 4.79 Å². The number of benzene rings is 1. The minimum Gasteiger partial charge on any atom is -0.448 e. The van der Waals surface area contributed by atoms with Crippen LogP contribution in [-0.4, -0.2) is 113 Å². The Balaban J connectivity index is 1.60. The molecule has 3 rings (SSSR count). The molecule has 5 N–H and O–H groups in total. The third-order valence-corrected chi connectivity index (χ3v) is 11.1. The lowest BCUT2D eigenvalue weighted by Crippen LogP contribution is -2.55. The molecule has 1 aliphatic heterocycles. The number of carbonyl (C=O) groups excluding carboxylic acids is 3. The number of hydrogen-bond donors (Lipinski definition) is 5. The van der Waals surface area contributed by atoms with E-state index in [-0.39, 0.29) is 18.2 Å². The normalized spacial score (nSPS) is 18.0. The summed E-state index contributed by atoms with van der Waals surface area (Å²) in [7, 11) is -5.67. The van der Waals surface area contributed by atoms with Crippen molar-refractivity contribution < 1.29 is 42.8 Å². The molecule has 1 aliphatic rings. The van der Waals surface area contributed by atoms with Crippen LogP contribution in [0.15, 0.2) is 55.0 Å². The second-order valence-electron chi connectivity index (χ2n) is 12.5. The molecular weight excluding hydrogens is 697 g/mol. The van der Waals surface area contributed by atoms with Gasteiger partial charge in [-0.15, -0.1) is 0 Å². The zero-order valence-corrected chi connectivity index (χ0v) is 31.4. The molecule has 0 radical (unpaired) electrons. The first-order chi connectivity index (χ1) is 24.5. The van der Waals surface area contributed by atoms with E-state index in [0.717, 1.165) is 44.3 Å². The Bertz CT molecular complexity index is 1380. The van der Waals surface area contributed by atoms with Gasteiger partial charge in [-0.25, -0.2) is 9.78 Å². The van der Waals surface area contributed by atoms with Gasteiger partial charge in [-0.2, -0.15) is 0 Å². The Morgan fingerprint density at radius 1 is 1.06 bits per heavy atom. The largest absolute Gasteiger partial charge is 0.480 e.